The van der Waals surface area contributed by atoms with E-state index in [1.54, 1.807) is 0 Å². The fraction of sp³-hybridized carbons (Fsp3) is 0.571. The molecule has 1 fully saturated rings. The van der Waals surface area contributed by atoms with E-state index < -0.39 is 21.5 Å². The lowest BCUT2D eigenvalue weighted by Crippen LogP contribution is -2.67. The molecule has 7 heteroatoms. The molecule has 194 valence electrons. The van der Waals surface area contributed by atoms with Crippen LogP contribution < -0.4 is 10.4 Å². The SMILES string of the molecule is CC(C)OP(=O)(CO[C@]1(CO[Si](c2ccccc2)(c2ccccc2)C(C)(C)C)C[C@H]1C)OC(C)C. The van der Waals surface area contributed by atoms with Crippen LogP contribution in [-0.2, 0) is 22.8 Å². The Morgan fingerprint density at radius 1 is 0.914 bits per heavy atom. The first-order chi connectivity index (χ1) is 16.3. The molecule has 0 amide bonds. The van der Waals surface area contributed by atoms with Gasteiger partial charge < -0.3 is 18.2 Å². The van der Waals surface area contributed by atoms with E-state index in [-0.39, 0.29) is 23.6 Å². The molecule has 1 aliphatic carbocycles. The van der Waals surface area contributed by atoms with Crippen LogP contribution in [-0.4, -0.2) is 39.1 Å². The lowest BCUT2D eigenvalue weighted by Gasteiger charge is -2.44. The van der Waals surface area contributed by atoms with Crippen molar-refractivity contribution in [3.63, 3.8) is 0 Å². The van der Waals surface area contributed by atoms with Crippen molar-refractivity contribution in [2.24, 2.45) is 5.92 Å². The zero-order valence-corrected chi connectivity index (χ0v) is 24.5. The summed E-state index contributed by atoms with van der Waals surface area (Å²) in [6, 6.07) is 21.2. The normalized spacial score (nSPS) is 21.0. The molecular formula is C28H43O5PSi. The molecule has 0 heterocycles. The van der Waals surface area contributed by atoms with Crippen LogP contribution in [0, 0.1) is 5.92 Å². The van der Waals surface area contributed by atoms with E-state index in [2.05, 4.69) is 76.2 Å². The van der Waals surface area contributed by atoms with Gasteiger partial charge in [0.25, 0.3) is 8.32 Å². The van der Waals surface area contributed by atoms with Gasteiger partial charge in [-0.15, -0.1) is 0 Å². The van der Waals surface area contributed by atoms with Gasteiger partial charge in [-0.1, -0.05) is 88.4 Å². The summed E-state index contributed by atoms with van der Waals surface area (Å²) in [5, 5.41) is 2.35. The molecule has 35 heavy (non-hydrogen) atoms. The van der Waals surface area contributed by atoms with E-state index in [0.29, 0.717) is 12.5 Å². The first kappa shape index (κ1) is 28.3. The third kappa shape index (κ3) is 6.54. The third-order valence-corrected chi connectivity index (χ3v) is 13.5. The maximum Gasteiger partial charge on any atom is 0.356 e. The molecule has 2 atom stereocenters. The van der Waals surface area contributed by atoms with Crippen molar-refractivity contribution >= 4 is 26.3 Å². The van der Waals surface area contributed by atoms with Crippen molar-refractivity contribution in [2.75, 3.05) is 13.0 Å². The van der Waals surface area contributed by atoms with Crippen LogP contribution in [0.5, 0.6) is 0 Å². The molecule has 5 nitrogen and oxygen atoms in total. The summed E-state index contributed by atoms with van der Waals surface area (Å²) < 4.78 is 38.4. The van der Waals surface area contributed by atoms with Crippen molar-refractivity contribution in [1.29, 1.82) is 0 Å². The van der Waals surface area contributed by atoms with Gasteiger partial charge in [0.15, 0.2) is 0 Å². The smallest absolute Gasteiger partial charge is 0.356 e. The number of benzene rings is 2. The second-order valence-electron chi connectivity index (χ2n) is 11.3. The average molecular weight is 519 g/mol. The summed E-state index contributed by atoms with van der Waals surface area (Å²) >= 11 is 0. The first-order valence-electron chi connectivity index (χ1n) is 12.7. The number of hydrogen-bond acceptors (Lipinski definition) is 5. The van der Waals surface area contributed by atoms with E-state index in [1.807, 2.05) is 39.8 Å². The van der Waals surface area contributed by atoms with E-state index in [1.165, 1.54) is 10.4 Å². The lowest BCUT2D eigenvalue weighted by molar-refractivity contribution is -0.00300. The lowest BCUT2D eigenvalue weighted by atomic mass is 10.2. The maximum absolute atomic E-state index is 13.4. The highest BCUT2D eigenvalue weighted by Crippen LogP contribution is 2.55. The van der Waals surface area contributed by atoms with Gasteiger partial charge in [-0.2, -0.15) is 0 Å². The van der Waals surface area contributed by atoms with Gasteiger partial charge >= 0.3 is 7.60 Å². The van der Waals surface area contributed by atoms with Crippen LogP contribution in [0.25, 0.3) is 0 Å². The van der Waals surface area contributed by atoms with Gasteiger partial charge in [0.1, 0.15) is 6.35 Å². The van der Waals surface area contributed by atoms with Gasteiger partial charge in [-0.25, -0.2) is 0 Å². The van der Waals surface area contributed by atoms with E-state index in [4.69, 9.17) is 18.2 Å². The minimum Gasteiger partial charge on any atom is -0.404 e. The quantitative estimate of drug-likeness (QED) is 0.242. The molecule has 0 spiro atoms. The van der Waals surface area contributed by atoms with Crippen molar-refractivity contribution in [1.82, 2.24) is 0 Å². The molecule has 0 radical (unpaired) electrons. The fourth-order valence-electron chi connectivity index (χ4n) is 4.83. The Kier molecular flexibility index (Phi) is 8.89. The summed E-state index contributed by atoms with van der Waals surface area (Å²) in [5.41, 5.74) is -0.497. The highest BCUT2D eigenvalue weighted by atomic mass is 31.2. The van der Waals surface area contributed by atoms with Crippen LogP contribution in [0.1, 0.15) is 61.8 Å². The minimum absolute atomic E-state index is 0.0716. The Bertz CT molecular complexity index is 936. The molecule has 0 unspecified atom stereocenters. The molecule has 0 N–H and O–H groups in total. The van der Waals surface area contributed by atoms with Gasteiger partial charge in [-0.3, -0.25) is 4.57 Å². The van der Waals surface area contributed by atoms with Crippen LogP contribution >= 0.6 is 7.60 Å². The molecule has 0 aliphatic heterocycles. The zero-order chi connectivity index (χ0) is 25.9. The molecule has 0 bridgehead atoms. The predicted octanol–water partition coefficient (Wildman–Crippen LogP) is 6.36. The van der Waals surface area contributed by atoms with Crippen molar-refractivity contribution in [3.05, 3.63) is 60.7 Å². The average Bonchev–Trinajstić information content (AvgIpc) is 3.42. The third-order valence-electron chi connectivity index (χ3n) is 6.59. The predicted molar refractivity (Wildman–Crippen MR) is 146 cm³/mol. The summed E-state index contributed by atoms with van der Waals surface area (Å²) in [7, 11) is -6.08. The number of rotatable bonds is 12. The Hall–Kier alpha value is -1.27. The van der Waals surface area contributed by atoms with E-state index >= 15 is 0 Å². The van der Waals surface area contributed by atoms with E-state index in [9.17, 15) is 4.57 Å². The summed E-state index contributed by atoms with van der Waals surface area (Å²) in [6.07, 6.45) is 0.347. The Morgan fingerprint density at radius 3 is 1.69 bits per heavy atom. The van der Waals surface area contributed by atoms with Gasteiger partial charge in [0.05, 0.1) is 24.4 Å². The Labute approximate surface area is 213 Å². The summed E-state index contributed by atoms with van der Waals surface area (Å²) in [6.45, 7) is 16.8. The van der Waals surface area contributed by atoms with Crippen LogP contribution in [0.3, 0.4) is 0 Å². The van der Waals surface area contributed by atoms with Crippen molar-refractivity contribution in [3.8, 4) is 0 Å². The molecule has 0 aromatic heterocycles. The highest BCUT2D eigenvalue weighted by Gasteiger charge is 2.58. The Morgan fingerprint density at radius 2 is 1.34 bits per heavy atom. The van der Waals surface area contributed by atoms with Crippen LogP contribution in [0.2, 0.25) is 5.04 Å². The molecule has 0 saturated heterocycles. The molecular weight excluding hydrogens is 475 g/mol. The topological polar surface area (TPSA) is 54.0 Å². The molecule has 3 rings (SSSR count). The molecule has 1 aliphatic rings. The number of hydrogen-bond donors (Lipinski definition) is 0. The zero-order valence-electron chi connectivity index (χ0n) is 22.6. The van der Waals surface area contributed by atoms with E-state index in [0.717, 1.165) is 6.42 Å². The fourth-order valence-corrected chi connectivity index (χ4v) is 11.3. The van der Waals surface area contributed by atoms with Gasteiger partial charge in [0, 0.05) is 0 Å². The summed E-state index contributed by atoms with van der Waals surface area (Å²) in [4.78, 5) is 0. The largest absolute Gasteiger partial charge is 0.404 e. The minimum atomic E-state index is -3.39. The highest BCUT2D eigenvalue weighted by molar-refractivity contribution is 7.53. The Balaban J connectivity index is 1.91. The van der Waals surface area contributed by atoms with Gasteiger partial charge in [0.2, 0.25) is 0 Å². The van der Waals surface area contributed by atoms with Crippen LogP contribution in [0.4, 0.5) is 0 Å². The molecule has 2 aromatic rings. The monoisotopic (exact) mass is 518 g/mol. The van der Waals surface area contributed by atoms with Crippen molar-refractivity contribution in [2.45, 2.75) is 84.7 Å². The summed E-state index contributed by atoms with van der Waals surface area (Å²) in [5.74, 6) is 0.298. The van der Waals surface area contributed by atoms with Gasteiger partial charge in [-0.05, 0) is 55.4 Å². The van der Waals surface area contributed by atoms with Crippen molar-refractivity contribution < 1.29 is 22.8 Å². The maximum atomic E-state index is 13.4. The second-order valence-corrected chi connectivity index (χ2v) is 17.5. The number of ether oxygens (including phenoxy) is 1. The molecule has 2 aromatic carbocycles. The molecule has 1 saturated carbocycles. The first-order valence-corrected chi connectivity index (χ1v) is 16.3. The standard InChI is InChI=1S/C28H43O5PSi/c1-22(2)32-34(29,33-23(3)4)21-30-28(19-24(28)5)20-31-35(27(6,7)8,25-15-11-9-12-16-25)26-17-13-10-14-18-26/h9-18,22-24H,19-21H2,1-8H3/t24-,28+/m1/s1. The second kappa shape index (κ2) is 11.0. The van der Waals surface area contributed by atoms with Crippen LogP contribution in [0.15, 0.2) is 60.7 Å².